The standard InChI is InChI=1S/C19H23NO2S/c1-2-16(15-7-4-3-5-8-15)19(21)20-11-10-18(23-14-12-20)17-9-6-13-22-17/h3-9,13,16,18H,2,10-12,14H2,1H3. The lowest BCUT2D eigenvalue weighted by atomic mass is 9.95. The van der Waals surface area contributed by atoms with Crippen LogP contribution in [0.4, 0.5) is 0 Å². The van der Waals surface area contributed by atoms with E-state index in [0.29, 0.717) is 5.25 Å². The van der Waals surface area contributed by atoms with Crippen molar-refractivity contribution >= 4 is 17.7 Å². The summed E-state index contributed by atoms with van der Waals surface area (Å²) >= 11 is 1.89. The van der Waals surface area contributed by atoms with Gasteiger partial charge in [-0.2, -0.15) is 0 Å². The molecule has 122 valence electrons. The van der Waals surface area contributed by atoms with Gasteiger partial charge in [-0.1, -0.05) is 37.3 Å². The Balaban J connectivity index is 1.67. The van der Waals surface area contributed by atoms with Crippen LogP contribution in [0.1, 0.15) is 42.3 Å². The Kier molecular flexibility index (Phi) is 5.44. The van der Waals surface area contributed by atoms with Gasteiger partial charge < -0.3 is 9.32 Å². The van der Waals surface area contributed by atoms with Crippen LogP contribution in [0.2, 0.25) is 0 Å². The van der Waals surface area contributed by atoms with Gasteiger partial charge in [0.05, 0.1) is 17.4 Å². The first-order valence-electron chi connectivity index (χ1n) is 8.28. The highest BCUT2D eigenvalue weighted by Crippen LogP contribution is 2.35. The molecule has 23 heavy (non-hydrogen) atoms. The molecular weight excluding hydrogens is 306 g/mol. The van der Waals surface area contributed by atoms with Crippen molar-refractivity contribution in [3.63, 3.8) is 0 Å². The van der Waals surface area contributed by atoms with Crippen LogP contribution in [0, 0.1) is 0 Å². The fourth-order valence-electron chi connectivity index (χ4n) is 3.15. The minimum atomic E-state index is -0.0265. The molecule has 0 N–H and O–H groups in total. The second-order valence-corrected chi connectivity index (χ2v) is 7.17. The van der Waals surface area contributed by atoms with Crippen LogP contribution in [-0.4, -0.2) is 29.6 Å². The highest BCUT2D eigenvalue weighted by Gasteiger charge is 2.28. The van der Waals surface area contributed by atoms with Gasteiger partial charge in [-0.15, -0.1) is 11.8 Å². The lowest BCUT2D eigenvalue weighted by Gasteiger charge is -2.25. The van der Waals surface area contributed by atoms with Crippen molar-refractivity contribution in [3.8, 4) is 0 Å². The highest BCUT2D eigenvalue weighted by atomic mass is 32.2. The van der Waals surface area contributed by atoms with E-state index in [0.717, 1.165) is 43.0 Å². The number of carbonyl (C=O) groups is 1. The number of amides is 1. The largest absolute Gasteiger partial charge is 0.468 e. The predicted octanol–water partition coefficient (Wildman–Crippen LogP) is 4.48. The van der Waals surface area contributed by atoms with Crippen LogP contribution in [0.15, 0.2) is 53.1 Å². The minimum absolute atomic E-state index is 0.0265. The monoisotopic (exact) mass is 329 g/mol. The first kappa shape index (κ1) is 16.2. The van der Waals surface area contributed by atoms with Crippen molar-refractivity contribution in [1.82, 2.24) is 4.90 Å². The summed E-state index contributed by atoms with van der Waals surface area (Å²) in [4.78, 5) is 15.0. The Morgan fingerprint density at radius 1 is 1.26 bits per heavy atom. The molecule has 0 saturated carbocycles. The Labute approximate surface area is 142 Å². The van der Waals surface area contributed by atoms with Crippen molar-refractivity contribution < 1.29 is 9.21 Å². The average Bonchev–Trinajstić information content (AvgIpc) is 3.01. The molecule has 0 radical (unpaired) electrons. The van der Waals surface area contributed by atoms with Gasteiger partial charge in [-0.3, -0.25) is 4.79 Å². The maximum Gasteiger partial charge on any atom is 0.230 e. The molecule has 2 atom stereocenters. The topological polar surface area (TPSA) is 33.5 Å². The van der Waals surface area contributed by atoms with E-state index in [1.807, 2.05) is 47.0 Å². The maximum absolute atomic E-state index is 13.0. The molecule has 4 heteroatoms. The van der Waals surface area contributed by atoms with E-state index in [-0.39, 0.29) is 11.8 Å². The van der Waals surface area contributed by atoms with Crippen molar-refractivity contribution in [3.05, 3.63) is 60.1 Å². The zero-order valence-corrected chi connectivity index (χ0v) is 14.3. The van der Waals surface area contributed by atoms with Gasteiger partial charge in [0.1, 0.15) is 5.76 Å². The molecule has 3 rings (SSSR count). The Morgan fingerprint density at radius 2 is 2.09 bits per heavy atom. The number of furan rings is 1. The molecule has 1 aliphatic heterocycles. The molecule has 2 heterocycles. The van der Waals surface area contributed by atoms with Gasteiger partial charge in [-0.25, -0.2) is 0 Å². The molecule has 1 fully saturated rings. The van der Waals surface area contributed by atoms with Gasteiger partial charge in [0.25, 0.3) is 0 Å². The van der Waals surface area contributed by atoms with E-state index in [1.165, 1.54) is 0 Å². The van der Waals surface area contributed by atoms with E-state index in [1.54, 1.807) is 6.26 Å². The van der Waals surface area contributed by atoms with Crippen LogP contribution < -0.4 is 0 Å². The van der Waals surface area contributed by atoms with Gasteiger partial charge in [0.2, 0.25) is 5.91 Å². The molecular formula is C19H23NO2S. The number of nitrogens with zero attached hydrogens (tertiary/aromatic N) is 1. The maximum atomic E-state index is 13.0. The van der Waals surface area contributed by atoms with E-state index < -0.39 is 0 Å². The van der Waals surface area contributed by atoms with Crippen LogP contribution in [-0.2, 0) is 4.79 Å². The fraction of sp³-hybridized carbons (Fsp3) is 0.421. The smallest absolute Gasteiger partial charge is 0.230 e. The van der Waals surface area contributed by atoms with Crippen LogP contribution in [0.5, 0.6) is 0 Å². The molecule has 0 bridgehead atoms. The second kappa shape index (κ2) is 7.73. The summed E-state index contributed by atoms with van der Waals surface area (Å²) in [5.74, 6) is 2.22. The molecule has 1 saturated heterocycles. The Morgan fingerprint density at radius 3 is 2.78 bits per heavy atom. The third-order valence-electron chi connectivity index (χ3n) is 4.42. The number of hydrogen-bond acceptors (Lipinski definition) is 3. The minimum Gasteiger partial charge on any atom is -0.468 e. The van der Waals surface area contributed by atoms with Crippen molar-refractivity contribution in [1.29, 1.82) is 0 Å². The molecule has 3 nitrogen and oxygen atoms in total. The fourth-order valence-corrected chi connectivity index (χ4v) is 4.33. The normalized spacial score (nSPS) is 20.0. The lowest BCUT2D eigenvalue weighted by Crippen LogP contribution is -2.36. The SMILES string of the molecule is CCC(C(=O)N1CCSC(c2ccco2)CC1)c1ccccc1. The zero-order chi connectivity index (χ0) is 16.1. The summed E-state index contributed by atoms with van der Waals surface area (Å²) in [5.41, 5.74) is 1.12. The third kappa shape index (κ3) is 3.81. The molecule has 1 aromatic heterocycles. The summed E-state index contributed by atoms with van der Waals surface area (Å²) in [7, 11) is 0. The summed E-state index contributed by atoms with van der Waals surface area (Å²) < 4.78 is 5.54. The van der Waals surface area contributed by atoms with Crippen molar-refractivity contribution in [2.24, 2.45) is 0 Å². The van der Waals surface area contributed by atoms with Gasteiger partial charge in [0, 0.05) is 18.8 Å². The van der Waals surface area contributed by atoms with E-state index >= 15 is 0 Å². The quantitative estimate of drug-likeness (QED) is 0.829. The highest BCUT2D eigenvalue weighted by molar-refractivity contribution is 7.99. The lowest BCUT2D eigenvalue weighted by molar-refractivity contribution is -0.132. The summed E-state index contributed by atoms with van der Waals surface area (Å²) in [6.45, 7) is 3.72. The van der Waals surface area contributed by atoms with Crippen LogP contribution in [0.3, 0.4) is 0 Å². The number of carbonyl (C=O) groups excluding carboxylic acids is 1. The zero-order valence-electron chi connectivity index (χ0n) is 13.5. The first-order valence-corrected chi connectivity index (χ1v) is 9.33. The van der Waals surface area contributed by atoms with Crippen molar-refractivity contribution in [2.45, 2.75) is 30.9 Å². The number of hydrogen-bond donors (Lipinski definition) is 0. The van der Waals surface area contributed by atoms with Gasteiger partial charge in [0.15, 0.2) is 0 Å². The van der Waals surface area contributed by atoms with Gasteiger partial charge >= 0.3 is 0 Å². The molecule has 2 aromatic rings. The number of benzene rings is 1. The molecule has 1 aromatic carbocycles. The summed E-state index contributed by atoms with van der Waals surface area (Å²) in [6, 6.07) is 14.1. The molecule has 0 aliphatic carbocycles. The van der Waals surface area contributed by atoms with E-state index in [9.17, 15) is 4.79 Å². The van der Waals surface area contributed by atoms with Crippen molar-refractivity contribution in [2.75, 3.05) is 18.8 Å². The summed E-state index contributed by atoms with van der Waals surface area (Å²) in [5, 5.41) is 0.361. The molecule has 1 aliphatic rings. The van der Waals surface area contributed by atoms with E-state index in [2.05, 4.69) is 19.1 Å². The second-order valence-electron chi connectivity index (χ2n) is 5.86. The molecule has 1 amide bonds. The Hall–Kier alpha value is -1.68. The summed E-state index contributed by atoms with van der Waals surface area (Å²) in [6.07, 6.45) is 3.52. The molecule has 0 spiro atoms. The predicted molar refractivity (Wildman–Crippen MR) is 94.6 cm³/mol. The first-order chi connectivity index (χ1) is 11.3. The van der Waals surface area contributed by atoms with Crippen LogP contribution >= 0.6 is 11.8 Å². The van der Waals surface area contributed by atoms with E-state index in [4.69, 9.17) is 4.42 Å². The average molecular weight is 329 g/mol. The van der Waals surface area contributed by atoms with Crippen LogP contribution in [0.25, 0.3) is 0 Å². The number of rotatable bonds is 4. The number of thioether (sulfide) groups is 1. The molecule has 2 unspecified atom stereocenters. The Bertz CT molecular complexity index is 612. The van der Waals surface area contributed by atoms with Gasteiger partial charge in [-0.05, 0) is 30.5 Å². The third-order valence-corrected chi connectivity index (χ3v) is 5.71.